The van der Waals surface area contributed by atoms with Gasteiger partial charge in [0.25, 0.3) is 0 Å². The molecule has 0 saturated heterocycles. The average molecular weight is 414 g/mol. The van der Waals surface area contributed by atoms with E-state index in [1.165, 1.54) is 23.4 Å². The molecule has 0 amide bonds. The van der Waals surface area contributed by atoms with Crippen molar-refractivity contribution in [3.63, 3.8) is 0 Å². The summed E-state index contributed by atoms with van der Waals surface area (Å²) in [5.74, 6) is 0.565. The summed E-state index contributed by atoms with van der Waals surface area (Å²) in [7, 11) is 0. The lowest BCUT2D eigenvalue weighted by Gasteiger charge is -2.32. The number of allylic oxidation sites excluding steroid dienone is 8. The normalized spacial score (nSPS) is 20.1. The number of anilines is 2. The molecule has 0 bridgehead atoms. The first-order valence-corrected chi connectivity index (χ1v) is 11.7. The maximum Gasteiger partial charge on any atom is 0.0400 e. The van der Waals surface area contributed by atoms with Crippen molar-refractivity contribution in [1.29, 1.82) is 0 Å². The van der Waals surface area contributed by atoms with E-state index in [0.29, 0.717) is 5.92 Å². The number of hydrogen-bond acceptors (Lipinski definition) is 3. The van der Waals surface area contributed by atoms with Crippen LogP contribution >= 0.6 is 0 Å². The predicted molar refractivity (Wildman–Crippen MR) is 134 cm³/mol. The van der Waals surface area contributed by atoms with Gasteiger partial charge >= 0.3 is 0 Å². The molecule has 1 aliphatic carbocycles. The fraction of sp³-hybridized carbons (Fsp3) is 0.357. The van der Waals surface area contributed by atoms with Crippen LogP contribution in [0, 0.1) is 5.92 Å². The van der Waals surface area contributed by atoms with Crippen molar-refractivity contribution in [1.82, 2.24) is 5.32 Å². The molecule has 3 nitrogen and oxygen atoms in total. The summed E-state index contributed by atoms with van der Waals surface area (Å²) in [4.78, 5) is 2.57. The zero-order valence-electron chi connectivity index (χ0n) is 19.0. The summed E-state index contributed by atoms with van der Waals surface area (Å²) in [5.41, 5.74) is 9.13. The lowest BCUT2D eigenvalue weighted by atomic mass is 9.90. The van der Waals surface area contributed by atoms with E-state index in [0.717, 1.165) is 55.7 Å². The maximum absolute atomic E-state index is 4.12. The van der Waals surface area contributed by atoms with Gasteiger partial charge in [-0.2, -0.15) is 0 Å². The van der Waals surface area contributed by atoms with E-state index >= 15 is 0 Å². The van der Waals surface area contributed by atoms with Crippen LogP contribution in [0.3, 0.4) is 0 Å². The minimum Gasteiger partial charge on any atom is -0.371 e. The van der Waals surface area contributed by atoms with Gasteiger partial charge in [0, 0.05) is 48.0 Å². The number of fused-ring (bicyclic) bond motifs is 2. The van der Waals surface area contributed by atoms with Crippen molar-refractivity contribution < 1.29 is 0 Å². The SMILES string of the molecule is C=C(/C=C(\C=C/C)Nc1ccc2c(c1)CCCN2CCC1=CNC2=CC=CCC12)CC. The summed E-state index contributed by atoms with van der Waals surface area (Å²) in [6.45, 7) is 10.5. The van der Waals surface area contributed by atoms with Gasteiger partial charge in [-0.1, -0.05) is 37.3 Å². The standard InChI is InChI=1S/C28H35N3/c1-4-9-24(18-21(3)5-2)30-25-13-14-28-22(19-25)10-8-16-31(28)17-15-23-20-29-27-12-7-6-11-26(23)27/h4,6-7,9,12-14,18-20,26,29-30H,3,5,8,10-11,15-17H2,1-2H3/b9-4-,24-18+. The summed E-state index contributed by atoms with van der Waals surface area (Å²) >= 11 is 0. The minimum absolute atomic E-state index is 0.565. The molecule has 0 spiro atoms. The van der Waals surface area contributed by atoms with Crippen molar-refractivity contribution in [3.05, 3.63) is 95.5 Å². The Balaban J connectivity index is 1.43. The van der Waals surface area contributed by atoms with Crippen molar-refractivity contribution in [2.24, 2.45) is 5.92 Å². The smallest absolute Gasteiger partial charge is 0.0400 e. The number of nitrogens with zero attached hydrogens (tertiary/aromatic N) is 1. The van der Waals surface area contributed by atoms with Gasteiger partial charge < -0.3 is 15.5 Å². The molecular formula is C28H35N3. The van der Waals surface area contributed by atoms with Crippen molar-refractivity contribution in [3.8, 4) is 0 Å². The van der Waals surface area contributed by atoms with Gasteiger partial charge in [0.05, 0.1) is 0 Å². The van der Waals surface area contributed by atoms with Gasteiger partial charge in [-0.15, -0.1) is 0 Å². The van der Waals surface area contributed by atoms with Gasteiger partial charge in [-0.25, -0.2) is 0 Å². The molecule has 0 radical (unpaired) electrons. The molecule has 3 aliphatic rings. The lowest BCUT2D eigenvalue weighted by Crippen LogP contribution is -2.30. The Labute approximate surface area is 187 Å². The number of benzene rings is 1. The average Bonchev–Trinajstić information content (AvgIpc) is 3.20. The Kier molecular flexibility index (Phi) is 6.81. The molecule has 3 heteroatoms. The number of rotatable bonds is 8. The van der Waals surface area contributed by atoms with Crippen LogP contribution in [0.25, 0.3) is 0 Å². The van der Waals surface area contributed by atoms with Crippen LogP contribution in [0.4, 0.5) is 11.4 Å². The molecule has 0 aromatic heterocycles. The van der Waals surface area contributed by atoms with Crippen molar-refractivity contribution in [2.45, 2.75) is 46.0 Å². The van der Waals surface area contributed by atoms with Gasteiger partial charge in [0.15, 0.2) is 0 Å². The molecule has 4 rings (SSSR count). The molecule has 0 fully saturated rings. The first-order valence-electron chi connectivity index (χ1n) is 11.7. The zero-order chi connectivity index (χ0) is 21.6. The van der Waals surface area contributed by atoms with E-state index in [9.17, 15) is 0 Å². The Morgan fingerprint density at radius 2 is 2.26 bits per heavy atom. The maximum atomic E-state index is 4.12. The number of aryl methyl sites for hydroxylation is 1. The van der Waals surface area contributed by atoms with Crippen LogP contribution in [0.5, 0.6) is 0 Å². The van der Waals surface area contributed by atoms with Crippen LogP contribution < -0.4 is 15.5 Å². The number of nitrogens with one attached hydrogen (secondary N) is 2. The van der Waals surface area contributed by atoms with Crippen LogP contribution in [0.1, 0.15) is 45.1 Å². The number of hydrogen-bond donors (Lipinski definition) is 2. The second kappa shape index (κ2) is 9.91. The highest BCUT2D eigenvalue weighted by atomic mass is 15.1. The van der Waals surface area contributed by atoms with E-state index < -0.39 is 0 Å². The highest BCUT2D eigenvalue weighted by Gasteiger charge is 2.25. The zero-order valence-corrected chi connectivity index (χ0v) is 19.0. The fourth-order valence-electron chi connectivity index (χ4n) is 4.70. The summed E-state index contributed by atoms with van der Waals surface area (Å²) < 4.78 is 0. The minimum atomic E-state index is 0.565. The van der Waals surface area contributed by atoms with Crippen LogP contribution in [-0.2, 0) is 6.42 Å². The Hall–Kier alpha value is -2.94. The third kappa shape index (κ3) is 5.04. The lowest BCUT2D eigenvalue weighted by molar-refractivity contribution is 0.647. The third-order valence-corrected chi connectivity index (χ3v) is 6.44. The molecule has 162 valence electrons. The van der Waals surface area contributed by atoms with Crippen LogP contribution in [-0.4, -0.2) is 13.1 Å². The van der Waals surface area contributed by atoms with Crippen LogP contribution in [0.15, 0.2) is 90.0 Å². The van der Waals surface area contributed by atoms with E-state index in [4.69, 9.17) is 0 Å². The van der Waals surface area contributed by atoms with Gasteiger partial charge in [0.1, 0.15) is 0 Å². The van der Waals surface area contributed by atoms with Gasteiger partial charge in [0.2, 0.25) is 0 Å². The first kappa shape index (κ1) is 21.3. The summed E-state index contributed by atoms with van der Waals surface area (Å²) in [5, 5.41) is 7.06. The van der Waals surface area contributed by atoms with Crippen molar-refractivity contribution >= 4 is 11.4 Å². The predicted octanol–water partition coefficient (Wildman–Crippen LogP) is 6.61. The molecule has 1 aromatic rings. The van der Waals surface area contributed by atoms with E-state index in [1.807, 2.05) is 6.92 Å². The quantitative estimate of drug-likeness (QED) is 0.469. The van der Waals surface area contributed by atoms with Crippen molar-refractivity contribution in [2.75, 3.05) is 23.3 Å². The second-order valence-electron chi connectivity index (χ2n) is 8.62. The monoisotopic (exact) mass is 413 g/mol. The fourth-order valence-corrected chi connectivity index (χ4v) is 4.70. The van der Waals surface area contributed by atoms with E-state index in [2.05, 4.69) is 89.9 Å². The molecule has 0 saturated carbocycles. The molecule has 1 aromatic carbocycles. The van der Waals surface area contributed by atoms with Gasteiger partial charge in [-0.3, -0.25) is 0 Å². The second-order valence-corrected chi connectivity index (χ2v) is 8.62. The largest absolute Gasteiger partial charge is 0.371 e. The molecule has 2 N–H and O–H groups in total. The first-order chi connectivity index (χ1) is 15.2. The van der Waals surface area contributed by atoms with E-state index in [1.54, 1.807) is 5.57 Å². The molecule has 31 heavy (non-hydrogen) atoms. The molecular weight excluding hydrogens is 378 g/mol. The highest BCUT2D eigenvalue weighted by molar-refractivity contribution is 5.64. The topological polar surface area (TPSA) is 27.3 Å². The molecule has 2 aliphatic heterocycles. The third-order valence-electron chi connectivity index (χ3n) is 6.44. The van der Waals surface area contributed by atoms with Crippen LogP contribution in [0.2, 0.25) is 0 Å². The Morgan fingerprint density at radius 3 is 3.10 bits per heavy atom. The molecule has 1 atom stereocenters. The highest BCUT2D eigenvalue weighted by Crippen LogP contribution is 2.35. The summed E-state index contributed by atoms with van der Waals surface area (Å²) in [6, 6.07) is 6.85. The molecule has 1 unspecified atom stereocenters. The Bertz CT molecular complexity index is 974. The summed E-state index contributed by atoms with van der Waals surface area (Å²) in [6.07, 6.45) is 20.8. The molecule has 2 heterocycles. The van der Waals surface area contributed by atoms with Gasteiger partial charge in [-0.05, 0) is 86.6 Å². The Morgan fingerprint density at radius 1 is 1.35 bits per heavy atom. The van der Waals surface area contributed by atoms with E-state index in [-0.39, 0.29) is 0 Å².